The Bertz CT molecular complexity index is 1240. The quantitative estimate of drug-likeness (QED) is 0.582. The van der Waals surface area contributed by atoms with E-state index in [1.807, 2.05) is 12.1 Å². The average Bonchev–Trinajstić information content (AvgIpc) is 3.30. The van der Waals surface area contributed by atoms with Crippen molar-refractivity contribution in [1.29, 1.82) is 0 Å². The first kappa shape index (κ1) is 20.8. The van der Waals surface area contributed by atoms with E-state index in [1.54, 1.807) is 30.3 Å². The number of fused-ring (bicyclic) bond motifs is 1. The molecule has 0 bridgehead atoms. The monoisotopic (exact) mass is 464 g/mol. The lowest BCUT2D eigenvalue weighted by Crippen LogP contribution is -2.38. The summed E-state index contributed by atoms with van der Waals surface area (Å²) in [6.45, 7) is -0.494. The topological polar surface area (TPSA) is 102 Å². The van der Waals surface area contributed by atoms with Crippen LogP contribution in [0.1, 0.15) is 16.8 Å². The zero-order valence-corrected chi connectivity index (χ0v) is 18.0. The fourth-order valence-corrected chi connectivity index (χ4v) is 5.99. The van der Waals surface area contributed by atoms with E-state index < -0.39 is 34.4 Å². The van der Waals surface area contributed by atoms with Gasteiger partial charge >= 0.3 is 5.97 Å². The van der Waals surface area contributed by atoms with Crippen molar-refractivity contribution in [2.75, 3.05) is 18.1 Å². The lowest BCUT2D eigenvalue weighted by Gasteiger charge is -2.12. The van der Waals surface area contributed by atoms with Crippen LogP contribution < -0.4 is 5.32 Å². The Labute approximate surface area is 181 Å². The number of nitrogens with zero attached hydrogens (tertiary/aromatic N) is 1. The Morgan fingerprint density at radius 3 is 2.73 bits per heavy atom. The number of nitrogens with one attached hydrogen (secondary N) is 1. The van der Waals surface area contributed by atoms with Crippen LogP contribution in [0.3, 0.4) is 0 Å². The van der Waals surface area contributed by atoms with E-state index >= 15 is 0 Å². The molecule has 7 nitrogen and oxygen atoms in total. The second kappa shape index (κ2) is 8.33. The third-order valence-corrected chi connectivity index (χ3v) is 7.72. The molecule has 1 aliphatic heterocycles. The van der Waals surface area contributed by atoms with Crippen LogP contribution >= 0.6 is 22.9 Å². The van der Waals surface area contributed by atoms with Crippen LogP contribution in [0, 0.1) is 0 Å². The van der Waals surface area contributed by atoms with Crippen molar-refractivity contribution >= 4 is 55.6 Å². The summed E-state index contributed by atoms with van der Waals surface area (Å²) in [6.07, 6.45) is 0.365. The van der Waals surface area contributed by atoms with Gasteiger partial charge in [0.15, 0.2) is 16.4 Å². The summed E-state index contributed by atoms with van der Waals surface area (Å²) in [5.74, 6) is -1.23. The number of ether oxygens (including phenoxy) is 1. The summed E-state index contributed by atoms with van der Waals surface area (Å²) in [6, 6.07) is 11.9. The van der Waals surface area contributed by atoms with Gasteiger partial charge in [-0.2, -0.15) is 0 Å². The molecule has 0 saturated carbocycles. The number of amides is 1. The molecule has 0 radical (unpaired) electrons. The molecule has 1 fully saturated rings. The number of carbonyl (C=O) groups is 2. The van der Waals surface area contributed by atoms with Gasteiger partial charge in [-0.1, -0.05) is 29.8 Å². The largest absolute Gasteiger partial charge is 0.452 e. The first-order valence-electron chi connectivity index (χ1n) is 9.13. The summed E-state index contributed by atoms with van der Waals surface area (Å²) in [4.78, 5) is 30.2. The molecule has 0 aliphatic carbocycles. The summed E-state index contributed by atoms with van der Waals surface area (Å²) < 4.78 is 28.8. The van der Waals surface area contributed by atoms with Gasteiger partial charge in [0.05, 0.1) is 37.5 Å². The van der Waals surface area contributed by atoms with Crippen LogP contribution in [0.25, 0.3) is 21.5 Å². The van der Waals surface area contributed by atoms with Crippen molar-refractivity contribution in [2.24, 2.45) is 0 Å². The van der Waals surface area contributed by atoms with E-state index in [-0.39, 0.29) is 17.1 Å². The van der Waals surface area contributed by atoms with Gasteiger partial charge in [-0.15, -0.1) is 11.3 Å². The number of sulfone groups is 1. The molecule has 156 valence electrons. The Morgan fingerprint density at radius 1 is 1.23 bits per heavy atom. The van der Waals surface area contributed by atoms with Crippen molar-refractivity contribution in [1.82, 2.24) is 10.3 Å². The Balaban J connectivity index is 1.51. The molecule has 0 unspecified atom stereocenters. The molecule has 3 aromatic rings. The molecule has 1 amide bonds. The summed E-state index contributed by atoms with van der Waals surface area (Å²) in [5, 5.41) is 3.21. The second-order valence-electron chi connectivity index (χ2n) is 6.92. The molecular formula is C20H17ClN2O5S2. The molecule has 1 atom stereocenters. The second-order valence-corrected chi connectivity index (χ2v) is 10.9. The predicted octanol–water partition coefficient (Wildman–Crippen LogP) is 3.08. The minimum absolute atomic E-state index is 0.0518. The van der Waals surface area contributed by atoms with Crippen LogP contribution in [0.5, 0.6) is 0 Å². The van der Waals surface area contributed by atoms with Gasteiger partial charge in [0.2, 0.25) is 0 Å². The zero-order valence-electron chi connectivity index (χ0n) is 15.6. The minimum Gasteiger partial charge on any atom is -0.452 e. The number of para-hydroxylation sites is 1. The van der Waals surface area contributed by atoms with Crippen LogP contribution in [-0.2, 0) is 19.4 Å². The highest BCUT2D eigenvalue weighted by atomic mass is 35.5. The molecular weight excluding hydrogens is 448 g/mol. The highest BCUT2D eigenvalue weighted by Gasteiger charge is 2.29. The van der Waals surface area contributed by atoms with E-state index in [1.165, 1.54) is 11.3 Å². The zero-order chi connectivity index (χ0) is 21.3. The molecule has 3 heterocycles. The van der Waals surface area contributed by atoms with Crippen molar-refractivity contribution in [2.45, 2.75) is 12.5 Å². The molecule has 1 saturated heterocycles. The molecule has 1 aliphatic rings. The first-order chi connectivity index (χ1) is 14.3. The Morgan fingerprint density at radius 2 is 2.03 bits per heavy atom. The fourth-order valence-electron chi connectivity index (χ4n) is 3.31. The standard InChI is InChI=1S/C20H17ClN2O5S2/c21-18-6-5-17(29-18)16-9-14(13-3-1-2-4-15(13)23-16)20(25)28-10-19(24)22-12-7-8-30(26,27)11-12/h1-6,9,12H,7-8,10-11H2,(H,22,24)/t12-/m1/s1. The summed E-state index contributed by atoms with van der Waals surface area (Å²) in [7, 11) is -3.11. The minimum atomic E-state index is -3.11. The number of halogens is 1. The maximum Gasteiger partial charge on any atom is 0.339 e. The maximum atomic E-state index is 12.7. The SMILES string of the molecule is O=C(COC(=O)c1cc(-c2ccc(Cl)s2)nc2ccccc12)N[C@@H]1CCS(=O)(=O)C1. The van der Waals surface area contributed by atoms with Gasteiger partial charge in [0, 0.05) is 11.4 Å². The number of hydrogen-bond donors (Lipinski definition) is 1. The van der Waals surface area contributed by atoms with Gasteiger partial charge in [-0.3, -0.25) is 4.79 Å². The number of pyridine rings is 1. The van der Waals surface area contributed by atoms with Gasteiger partial charge in [-0.25, -0.2) is 18.2 Å². The highest BCUT2D eigenvalue weighted by Crippen LogP contribution is 2.32. The van der Waals surface area contributed by atoms with Crippen molar-refractivity contribution in [3.63, 3.8) is 0 Å². The molecule has 30 heavy (non-hydrogen) atoms. The normalized spacial score (nSPS) is 17.7. The lowest BCUT2D eigenvalue weighted by atomic mass is 10.1. The van der Waals surface area contributed by atoms with E-state index in [2.05, 4.69) is 10.3 Å². The van der Waals surface area contributed by atoms with Crippen LogP contribution in [0.4, 0.5) is 0 Å². The van der Waals surface area contributed by atoms with E-state index in [4.69, 9.17) is 16.3 Å². The number of benzene rings is 1. The average molecular weight is 465 g/mol. The summed E-state index contributed by atoms with van der Waals surface area (Å²) >= 11 is 7.36. The van der Waals surface area contributed by atoms with Crippen LogP contribution in [0.2, 0.25) is 4.34 Å². The van der Waals surface area contributed by atoms with Crippen molar-refractivity contribution < 1.29 is 22.7 Å². The molecule has 1 N–H and O–H groups in total. The Kier molecular flexibility index (Phi) is 5.77. The predicted molar refractivity (Wildman–Crippen MR) is 116 cm³/mol. The molecule has 2 aromatic heterocycles. The number of hydrogen-bond acceptors (Lipinski definition) is 7. The highest BCUT2D eigenvalue weighted by molar-refractivity contribution is 7.91. The van der Waals surface area contributed by atoms with E-state index in [0.717, 1.165) is 4.88 Å². The number of thiophene rings is 1. The van der Waals surface area contributed by atoms with E-state index in [0.29, 0.717) is 27.4 Å². The Hall–Kier alpha value is -2.49. The first-order valence-corrected chi connectivity index (χ1v) is 12.1. The fraction of sp³-hybridized carbons (Fsp3) is 0.250. The molecule has 4 rings (SSSR count). The third kappa shape index (κ3) is 4.63. The van der Waals surface area contributed by atoms with Gasteiger partial charge in [0.1, 0.15) is 0 Å². The van der Waals surface area contributed by atoms with Crippen LogP contribution in [0.15, 0.2) is 42.5 Å². The number of rotatable bonds is 5. The number of carbonyl (C=O) groups excluding carboxylic acids is 2. The number of esters is 1. The van der Waals surface area contributed by atoms with Gasteiger partial charge in [-0.05, 0) is 30.7 Å². The maximum absolute atomic E-state index is 12.7. The molecule has 1 aromatic carbocycles. The number of aromatic nitrogens is 1. The van der Waals surface area contributed by atoms with Crippen molar-refractivity contribution in [3.05, 3.63) is 52.4 Å². The van der Waals surface area contributed by atoms with E-state index in [9.17, 15) is 18.0 Å². The van der Waals surface area contributed by atoms with Gasteiger partial charge in [0.25, 0.3) is 5.91 Å². The summed E-state index contributed by atoms with van der Waals surface area (Å²) in [5.41, 5.74) is 1.49. The lowest BCUT2D eigenvalue weighted by molar-refractivity contribution is -0.124. The third-order valence-electron chi connectivity index (χ3n) is 4.69. The smallest absolute Gasteiger partial charge is 0.339 e. The molecule has 0 spiro atoms. The van der Waals surface area contributed by atoms with Gasteiger partial charge < -0.3 is 10.1 Å². The van der Waals surface area contributed by atoms with Crippen LogP contribution in [-0.4, -0.2) is 49.4 Å². The van der Waals surface area contributed by atoms with Crippen molar-refractivity contribution in [3.8, 4) is 10.6 Å². The molecule has 10 heteroatoms.